The maximum absolute atomic E-state index is 13.5. The number of hydrogen-bond donors (Lipinski definition) is 2. The minimum Gasteiger partial charge on any atom is -0.330 e. The number of hydrogen-bond acceptors (Lipinski definition) is 4. The number of likely N-dealkylation sites (tertiary alicyclic amines) is 1. The van der Waals surface area contributed by atoms with Gasteiger partial charge < -0.3 is 4.98 Å². The van der Waals surface area contributed by atoms with Crippen LogP contribution in [0.25, 0.3) is 10.9 Å². The molecule has 0 bridgehead atoms. The van der Waals surface area contributed by atoms with Crippen molar-refractivity contribution in [1.29, 1.82) is 0 Å². The van der Waals surface area contributed by atoms with Crippen LogP contribution in [0.4, 0.5) is 4.39 Å². The molecule has 1 aliphatic rings. The summed E-state index contributed by atoms with van der Waals surface area (Å²) in [5.74, 6) is -1.01. The Kier molecular flexibility index (Phi) is 5.55. The van der Waals surface area contributed by atoms with Gasteiger partial charge in [0.25, 0.3) is 11.5 Å². The number of carbonyl (C=O) groups excluding carboxylic acids is 1. The Morgan fingerprint density at radius 2 is 1.83 bits per heavy atom. The topological polar surface area (TPSA) is 70.1 Å². The zero-order valence-electron chi connectivity index (χ0n) is 15.8. The first kappa shape index (κ1) is 19.5. The molecule has 1 fully saturated rings. The first-order valence-electron chi connectivity index (χ1n) is 9.58. The third-order valence-corrected chi connectivity index (χ3v) is 5.43. The van der Waals surface area contributed by atoms with Crippen LogP contribution < -0.4 is 11.0 Å². The Balaban J connectivity index is 1.53. The number of H-pyrrole nitrogens is 1. The predicted molar refractivity (Wildman–Crippen MR) is 113 cm³/mol. The van der Waals surface area contributed by atoms with Crippen molar-refractivity contribution in [2.24, 2.45) is 0 Å². The number of carbonyl (C=O) groups is 1. The summed E-state index contributed by atoms with van der Waals surface area (Å²) >= 11 is 5.17. The van der Waals surface area contributed by atoms with E-state index in [0.717, 1.165) is 35.9 Å². The van der Waals surface area contributed by atoms with Crippen molar-refractivity contribution in [2.75, 3.05) is 18.5 Å². The van der Waals surface area contributed by atoms with Gasteiger partial charge in [-0.25, -0.2) is 4.39 Å². The van der Waals surface area contributed by atoms with E-state index in [4.69, 9.17) is 12.2 Å². The van der Waals surface area contributed by atoms with E-state index in [1.807, 2.05) is 12.1 Å². The minimum atomic E-state index is -0.585. The van der Waals surface area contributed by atoms with Crippen LogP contribution in [-0.4, -0.2) is 33.6 Å². The largest absolute Gasteiger partial charge is 0.330 e. The first-order valence-corrected chi connectivity index (χ1v) is 9.99. The average molecular weight is 412 g/mol. The number of aromatic amines is 1. The summed E-state index contributed by atoms with van der Waals surface area (Å²) in [6.45, 7) is 3.07. The van der Waals surface area contributed by atoms with Crippen molar-refractivity contribution in [3.05, 3.63) is 74.5 Å². The molecule has 3 aromatic rings. The molecule has 29 heavy (non-hydrogen) atoms. The number of nitrogens with zero attached hydrogens (tertiary/aromatic N) is 2. The van der Waals surface area contributed by atoms with E-state index in [1.54, 1.807) is 12.1 Å². The fourth-order valence-electron chi connectivity index (χ4n) is 3.59. The molecule has 0 unspecified atom stereocenters. The van der Waals surface area contributed by atoms with Crippen LogP contribution in [0.1, 0.15) is 35.2 Å². The number of nitrogens with one attached hydrogen (secondary N) is 2. The molecule has 1 amide bonds. The molecular weight excluding hydrogens is 391 g/mol. The molecule has 6 nitrogen and oxygen atoms in total. The Bertz CT molecular complexity index is 1160. The lowest BCUT2D eigenvalue weighted by Crippen LogP contribution is -2.34. The second-order valence-electron chi connectivity index (χ2n) is 7.24. The van der Waals surface area contributed by atoms with Gasteiger partial charge in [0.05, 0.1) is 10.9 Å². The molecule has 1 aromatic heterocycles. The minimum absolute atomic E-state index is 0.0316. The zero-order chi connectivity index (χ0) is 20.4. The van der Waals surface area contributed by atoms with E-state index in [-0.39, 0.29) is 10.2 Å². The Hall–Kier alpha value is -2.84. The molecule has 2 aromatic carbocycles. The molecule has 2 N–H and O–H groups in total. The van der Waals surface area contributed by atoms with Gasteiger partial charge in [-0.2, -0.15) is 4.68 Å². The summed E-state index contributed by atoms with van der Waals surface area (Å²) in [7, 11) is 0. The van der Waals surface area contributed by atoms with Crippen molar-refractivity contribution >= 4 is 29.0 Å². The summed E-state index contributed by atoms with van der Waals surface area (Å²) in [5, 5.41) is 0.107. The zero-order valence-corrected chi connectivity index (χ0v) is 16.6. The summed E-state index contributed by atoms with van der Waals surface area (Å²) in [6, 6.07) is 11.1. The Morgan fingerprint density at radius 1 is 1.10 bits per heavy atom. The highest BCUT2D eigenvalue weighted by Crippen LogP contribution is 2.14. The molecule has 0 saturated carbocycles. The van der Waals surface area contributed by atoms with E-state index in [0.29, 0.717) is 11.1 Å². The second-order valence-corrected chi connectivity index (χ2v) is 7.62. The van der Waals surface area contributed by atoms with Crippen molar-refractivity contribution in [1.82, 2.24) is 14.6 Å². The third-order valence-electron chi connectivity index (χ3n) is 5.14. The monoisotopic (exact) mass is 412 g/mol. The van der Waals surface area contributed by atoms with Gasteiger partial charge in [0.2, 0.25) is 0 Å². The SMILES string of the molecule is O=C(Nn1c(=S)[nH]c2ccc(F)cc2c1=O)c1ccc(CN2CCCCC2)cc1. The number of piperidine rings is 1. The molecule has 1 saturated heterocycles. The fourth-order valence-corrected chi connectivity index (χ4v) is 3.83. The van der Waals surface area contributed by atoms with Crippen LogP contribution in [0.5, 0.6) is 0 Å². The van der Waals surface area contributed by atoms with Crippen molar-refractivity contribution in [3.8, 4) is 0 Å². The number of amides is 1. The summed E-state index contributed by atoms with van der Waals surface area (Å²) in [6.07, 6.45) is 3.75. The van der Waals surface area contributed by atoms with Crippen molar-refractivity contribution < 1.29 is 9.18 Å². The van der Waals surface area contributed by atoms with Crippen molar-refractivity contribution in [3.63, 3.8) is 0 Å². The summed E-state index contributed by atoms with van der Waals surface area (Å²) < 4.78 is 14.5. The molecule has 150 valence electrons. The smallest absolute Gasteiger partial charge is 0.281 e. The number of halogens is 1. The van der Waals surface area contributed by atoms with Crippen LogP contribution in [0.2, 0.25) is 0 Å². The van der Waals surface area contributed by atoms with Crippen LogP contribution in [0.3, 0.4) is 0 Å². The van der Waals surface area contributed by atoms with Crippen LogP contribution in [0, 0.1) is 10.6 Å². The normalized spacial score (nSPS) is 14.8. The van der Waals surface area contributed by atoms with Gasteiger partial charge in [0, 0.05) is 12.1 Å². The standard InChI is InChI=1S/C21H21FN4O2S/c22-16-8-9-18-17(12-16)20(28)26(21(29)23-18)24-19(27)15-6-4-14(5-7-15)13-25-10-2-1-3-11-25/h4-9,12H,1-3,10-11,13H2,(H,23,29)(H,24,27). The van der Waals surface area contributed by atoms with E-state index in [1.165, 1.54) is 31.4 Å². The first-order chi connectivity index (χ1) is 14.0. The average Bonchev–Trinajstić information content (AvgIpc) is 2.73. The summed E-state index contributed by atoms with van der Waals surface area (Å²) in [5.41, 5.74) is 3.88. The van der Waals surface area contributed by atoms with E-state index in [9.17, 15) is 14.0 Å². The molecule has 0 aliphatic carbocycles. The van der Waals surface area contributed by atoms with Gasteiger partial charge in [-0.05, 0) is 74.0 Å². The van der Waals surface area contributed by atoms with Gasteiger partial charge in [-0.3, -0.25) is 19.9 Å². The van der Waals surface area contributed by atoms with Gasteiger partial charge in [-0.1, -0.05) is 18.6 Å². The number of benzene rings is 2. The molecule has 8 heteroatoms. The fraction of sp³-hybridized carbons (Fsp3) is 0.286. The maximum atomic E-state index is 13.5. The number of rotatable bonds is 4. The summed E-state index contributed by atoms with van der Waals surface area (Å²) in [4.78, 5) is 30.5. The third kappa shape index (κ3) is 4.28. The van der Waals surface area contributed by atoms with Crippen LogP contribution in [0.15, 0.2) is 47.3 Å². The molecule has 1 aliphatic heterocycles. The number of aromatic nitrogens is 2. The molecule has 0 radical (unpaired) electrons. The Labute approximate surface area is 171 Å². The highest BCUT2D eigenvalue weighted by Gasteiger charge is 2.13. The lowest BCUT2D eigenvalue weighted by Gasteiger charge is -2.26. The number of fused-ring (bicyclic) bond motifs is 1. The highest BCUT2D eigenvalue weighted by atomic mass is 32.1. The molecule has 4 rings (SSSR count). The predicted octanol–water partition coefficient (Wildman–Crippen LogP) is 3.57. The van der Waals surface area contributed by atoms with Gasteiger partial charge in [0.1, 0.15) is 5.82 Å². The lowest BCUT2D eigenvalue weighted by atomic mass is 10.1. The molecule has 0 spiro atoms. The van der Waals surface area contributed by atoms with Crippen molar-refractivity contribution in [2.45, 2.75) is 25.8 Å². The molecule has 0 atom stereocenters. The van der Waals surface area contributed by atoms with E-state index in [2.05, 4.69) is 15.3 Å². The lowest BCUT2D eigenvalue weighted by molar-refractivity contribution is 0.101. The molecular formula is C21H21FN4O2S. The Morgan fingerprint density at radius 3 is 2.55 bits per heavy atom. The second kappa shape index (κ2) is 8.26. The quantitative estimate of drug-likeness (QED) is 0.643. The van der Waals surface area contributed by atoms with Gasteiger partial charge in [-0.15, -0.1) is 0 Å². The van der Waals surface area contributed by atoms with E-state index < -0.39 is 17.3 Å². The maximum Gasteiger partial charge on any atom is 0.281 e. The van der Waals surface area contributed by atoms with Crippen LogP contribution >= 0.6 is 12.2 Å². The van der Waals surface area contributed by atoms with Gasteiger partial charge >= 0.3 is 0 Å². The molecule has 2 heterocycles. The van der Waals surface area contributed by atoms with E-state index >= 15 is 0 Å². The van der Waals surface area contributed by atoms with Gasteiger partial charge in [0.15, 0.2) is 4.77 Å². The van der Waals surface area contributed by atoms with Crippen LogP contribution in [-0.2, 0) is 6.54 Å². The highest BCUT2D eigenvalue weighted by molar-refractivity contribution is 7.71.